The van der Waals surface area contributed by atoms with Crippen molar-refractivity contribution in [2.24, 2.45) is 0 Å². The first kappa shape index (κ1) is 23.4. The fourth-order valence-corrected chi connectivity index (χ4v) is 4.99. The van der Waals surface area contributed by atoms with E-state index in [1.54, 1.807) is 18.0 Å². The molecule has 0 unspecified atom stereocenters. The Morgan fingerprint density at radius 2 is 2.00 bits per heavy atom. The Balaban J connectivity index is 1.40. The van der Waals surface area contributed by atoms with Gasteiger partial charge in [0.05, 0.1) is 12.8 Å². The summed E-state index contributed by atoms with van der Waals surface area (Å²) in [5, 5.41) is 3.69. The Bertz CT molecular complexity index is 1050. The van der Waals surface area contributed by atoms with Gasteiger partial charge in [0.15, 0.2) is 5.16 Å². The number of nitrogens with one attached hydrogen (secondary N) is 1. The average Bonchev–Trinajstić information content (AvgIpc) is 3.40. The predicted octanol–water partition coefficient (Wildman–Crippen LogP) is 5.62. The topological polar surface area (TPSA) is 71.3 Å². The van der Waals surface area contributed by atoms with E-state index in [4.69, 9.17) is 14.4 Å². The molecule has 2 aromatic heterocycles. The molecule has 7 heteroatoms. The second-order valence-corrected chi connectivity index (χ2v) is 9.45. The van der Waals surface area contributed by atoms with Crippen molar-refractivity contribution in [3.05, 3.63) is 71.3 Å². The molecule has 33 heavy (non-hydrogen) atoms. The minimum absolute atomic E-state index is 0.112. The van der Waals surface area contributed by atoms with Crippen molar-refractivity contribution >= 4 is 23.5 Å². The molecule has 0 atom stereocenters. The summed E-state index contributed by atoms with van der Waals surface area (Å²) in [4.78, 5) is 24.5. The number of anilines is 1. The average molecular weight is 465 g/mol. The van der Waals surface area contributed by atoms with Crippen molar-refractivity contribution in [1.29, 1.82) is 0 Å². The summed E-state index contributed by atoms with van der Waals surface area (Å²) in [6.07, 6.45) is 8.90. The third-order valence-electron chi connectivity index (χ3n) is 6.15. The van der Waals surface area contributed by atoms with Gasteiger partial charge in [-0.25, -0.2) is 9.97 Å². The lowest BCUT2D eigenvalue weighted by Crippen LogP contribution is -2.34. The van der Waals surface area contributed by atoms with E-state index in [1.807, 2.05) is 36.4 Å². The van der Waals surface area contributed by atoms with Crippen LogP contribution >= 0.6 is 11.8 Å². The van der Waals surface area contributed by atoms with E-state index >= 15 is 0 Å². The SMILES string of the molecule is CCc1cc(N(C)C2CCCCC2)nc(SCc2cccc(C(=O)NCc3ccco3)c2)n1. The highest BCUT2D eigenvalue weighted by atomic mass is 32.2. The Hall–Kier alpha value is -2.80. The Morgan fingerprint density at radius 3 is 2.76 bits per heavy atom. The maximum atomic E-state index is 12.5. The zero-order chi connectivity index (χ0) is 23.0. The van der Waals surface area contributed by atoms with Gasteiger partial charge in [-0.05, 0) is 49.1 Å². The number of aryl methyl sites for hydroxylation is 1. The second kappa shape index (κ2) is 11.4. The summed E-state index contributed by atoms with van der Waals surface area (Å²) in [5.41, 5.74) is 2.77. The van der Waals surface area contributed by atoms with Gasteiger partial charge in [0, 0.05) is 36.2 Å². The molecule has 0 bridgehead atoms. The van der Waals surface area contributed by atoms with Crippen LogP contribution < -0.4 is 10.2 Å². The quantitative estimate of drug-likeness (QED) is 0.327. The van der Waals surface area contributed by atoms with Gasteiger partial charge in [0.25, 0.3) is 5.91 Å². The molecule has 0 radical (unpaired) electrons. The standard InChI is InChI=1S/C26H32N4O2S/c1-3-21-16-24(30(2)22-11-5-4-6-12-22)29-26(28-21)33-18-19-9-7-10-20(15-19)25(31)27-17-23-13-8-14-32-23/h7-10,13-16,22H,3-6,11-12,17-18H2,1-2H3,(H,27,31). The predicted molar refractivity (Wildman–Crippen MR) is 133 cm³/mol. The summed E-state index contributed by atoms with van der Waals surface area (Å²) in [7, 11) is 2.16. The number of amides is 1. The Labute approximate surface area is 200 Å². The number of furan rings is 1. The van der Waals surface area contributed by atoms with Crippen molar-refractivity contribution in [3.8, 4) is 0 Å². The maximum absolute atomic E-state index is 12.5. The number of thioether (sulfide) groups is 1. The number of hydrogen-bond acceptors (Lipinski definition) is 6. The van der Waals surface area contributed by atoms with Gasteiger partial charge in [-0.15, -0.1) is 0 Å². The zero-order valence-corrected chi connectivity index (χ0v) is 20.2. The van der Waals surface area contributed by atoms with Gasteiger partial charge in [0.1, 0.15) is 11.6 Å². The van der Waals surface area contributed by atoms with E-state index in [1.165, 1.54) is 32.1 Å². The highest BCUT2D eigenvalue weighted by molar-refractivity contribution is 7.98. The molecule has 174 valence electrons. The number of benzene rings is 1. The minimum Gasteiger partial charge on any atom is -0.467 e. The normalized spacial score (nSPS) is 14.2. The summed E-state index contributed by atoms with van der Waals surface area (Å²) in [6, 6.07) is 14.1. The molecular weight excluding hydrogens is 432 g/mol. The highest BCUT2D eigenvalue weighted by Crippen LogP contribution is 2.28. The lowest BCUT2D eigenvalue weighted by atomic mass is 9.94. The van der Waals surface area contributed by atoms with Crippen molar-refractivity contribution < 1.29 is 9.21 Å². The van der Waals surface area contributed by atoms with E-state index in [0.717, 1.165) is 34.4 Å². The molecule has 1 saturated carbocycles. The van der Waals surface area contributed by atoms with Gasteiger partial charge in [-0.1, -0.05) is 50.1 Å². The van der Waals surface area contributed by atoms with E-state index in [-0.39, 0.29) is 5.91 Å². The van der Waals surface area contributed by atoms with E-state index in [2.05, 4.69) is 30.3 Å². The molecule has 1 fully saturated rings. The van der Waals surface area contributed by atoms with Crippen LogP contribution in [0.4, 0.5) is 5.82 Å². The number of rotatable bonds is 9. The highest BCUT2D eigenvalue weighted by Gasteiger charge is 2.20. The summed E-state index contributed by atoms with van der Waals surface area (Å²) in [6.45, 7) is 2.51. The second-order valence-electron chi connectivity index (χ2n) is 8.51. The molecule has 1 aliphatic carbocycles. The maximum Gasteiger partial charge on any atom is 0.251 e. The number of carbonyl (C=O) groups is 1. The molecule has 1 N–H and O–H groups in total. The van der Waals surface area contributed by atoms with Crippen LogP contribution in [0, 0.1) is 0 Å². The Morgan fingerprint density at radius 1 is 1.15 bits per heavy atom. The van der Waals surface area contributed by atoms with Crippen molar-refractivity contribution in [1.82, 2.24) is 15.3 Å². The minimum atomic E-state index is -0.112. The third-order valence-corrected chi connectivity index (χ3v) is 7.07. The lowest BCUT2D eigenvalue weighted by Gasteiger charge is -2.32. The molecule has 0 spiro atoms. The lowest BCUT2D eigenvalue weighted by molar-refractivity contribution is 0.0948. The summed E-state index contributed by atoms with van der Waals surface area (Å²) < 4.78 is 5.28. The number of nitrogens with zero attached hydrogens (tertiary/aromatic N) is 3. The molecule has 1 aromatic carbocycles. The van der Waals surface area contributed by atoms with Crippen LogP contribution in [0.25, 0.3) is 0 Å². The van der Waals surface area contributed by atoms with Crippen LogP contribution in [0.5, 0.6) is 0 Å². The molecule has 3 aromatic rings. The van der Waals surface area contributed by atoms with Crippen LogP contribution in [0.3, 0.4) is 0 Å². The number of aromatic nitrogens is 2. The smallest absolute Gasteiger partial charge is 0.251 e. The van der Waals surface area contributed by atoms with Gasteiger partial charge in [-0.3, -0.25) is 4.79 Å². The Kier molecular flexibility index (Phi) is 8.05. The first-order chi connectivity index (χ1) is 16.1. The molecular formula is C26H32N4O2S. The van der Waals surface area contributed by atoms with Crippen LogP contribution in [-0.2, 0) is 18.7 Å². The summed E-state index contributed by atoms with van der Waals surface area (Å²) in [5.74, 6) is 2.34. The number of hydrogen-bond donors (Lipinski definition) is 1. The molecule has 6 nitrogen and oxygen atoms in total. The molecule has 1 amide bonds. The van der Waals surface area contributed by atoms with Crippen molar-refractivity contribution in [2.45, 2.75) is 68.9 Å². The molecule has 1 aliphatic rings. The molecule has 4 rings (SSSR count). The fraction of sp³-hybridized carbons (Fsp3) is 0.423. The largest absolute Gasteiger partial charge is 0.467 e. The van der Waals surface area contributed by atoms with E-state index in [0.29, 0.717) is 23.9 Å². The van der Waals surface area contributed by atoms with Gasteiger partial charge < -0.3 is 14.6 Å². The molecule has 2 heterocycles. The van der Waals surface area contributed by atoms with Crippen LogP contribution in [0.2, 0.25) is 0 Å². The first-order valence-corrected chi connectivity index (χ1v) is 12.7. The zero-order valence-electron chi connectivity index (χ0n) is 19.4. The van der Waals surface area contributed by atoms with E-state index < -0.39 is 0 Å². The van der Waals surface area contributed by atoms with Crippen LogP contribution in [0.15, 0.2) is 58.3 Å². The summed E-state index contributed by atoms with van der Waals surface area (Å²) >= 11 is 1.62. The first-order valence-electron chi connectivity index (χ1n) is 11.8. The molecule has 0 aliphatic heterocycles. The van der Waals surface area contributed by atoms with Gasteiger partial charge >= 0.3 is 0 Å². The monoisotopic (exact) mass is 464 g/mol. The fourth-order valence-electron chi connectivity index (χ4n) is 4.17. The molecule has 0 saturated heterocycles. The van der Waals surface area contributed by atoms with Gasteiger partial charge in [0.2, 0.25) is 0 Å². The van der Waals surface area contributed by atoms with Crippen molar-refractivity contribution in [3.63, 3.8) is 0 Å². The van der Waals surface area contributed by atoms with Crippen LogP contribution in [0.1, 0.15) is 66.4 Å². The third kappa shape index (κ3) is 6.38. The van der Waals surface area contributed by atoms with E-state index in [9.17, 15) is 4.79 Å². The number of carbonyl (C=O) groups excluding carboxylic acids is 1. The van der Waals surface area contributed by atoms with Gasteiger partial charge in [-0.2, -0.15) is 0 Å². The van der Waals surface area contributed by atoms with Crippen molar-refractivity contribution in [2.75, 3.05) is 11.9 Å². The van der Waals surface area contributed by atoms with Crippen LogP contribution in [-0.4, -0.2) is 29.0 Å².